The second-order valence-electron chi connectivity index (χ2n) is 13.5. The molecule has 0 aromatic heterocycles. The summed E-state index contributed by atoms with van der Waals surface area (Å²) in [7, 11) is 0. The second-order valence-corrected chi connectivity index (χ2v) is 13.5. The molecule has 2 aromatic rings. The van der Waals surface area contributed by atoms with Crippen LogP contribution >= 0.6 is 0 Å². The van der Waals surface area contributed by atoms with Crippen LogP contribution in [0.5, 0.6) is 11.5 Å². The van der Waals surface area contributed by atoms with E-state index in [4.69, 9.17) is 24.1 Å². The van der Waals surface area contributed by atoms with E-state index in [0.717, 1.165) is 32.1 Å². The number of carboxylic acids is 1. The predicted molar refractivity (Wildman–Crippen MR) is 221 cm³/mol. The van der Waals surface area contributed by atoms with Crippen LogP contribution in [-0.4, -0.2) is 60.1 Å². The van der Waals surface area contributed by atoms with Crippen molar-refractivity contribution in [2.24, 2.45) is 5.41 Å². The van der Waals surface area contributed by atoms with Crippen molar-refractivity contribution in [2.75, 3.05) is 13.2 Å². The summed E-state index contributed by atoms with van der Waals surface area (Å²) in [5, 5.41) is 11.5. The molecular weight excluding hydrogens is 743 g/mol. The maximum absolute atomic E-state index is 13.6. The van der Waals surface area contributed by atoms with Gasteiger partial charge in [-0.3, -0.25) is 19.2 Å². The maximum atomic E-state index is 13.6. The highest BCUT2D eigenvalue weighted by atomic mass is 16.6. The zero-order chi connectivity index (χ0) is 42.6. The molecule has 0 aliphatic heterocycles. The lowest BCUT2D eigenvalue weighted by atomic mass is 9.86. The average Bonchev–Trinajstić information content (AvgIpc) is 3.18. The van der Waals surface area contributed by atoms with Gasteiger partial charge < -0.3 is 29.4 Å². The van der Waals surface area contributed by atoms with E-state index in [1.165, 1.54) is 49.4 Å². The minimum Gasteiger partial charge on any atom is -0.481 e. The van der Waals surface area contributed by atoms with Crippen LogP contribution in [0.15, 0.2) is 121 Å². The number of hydrogen-bond acceptors (Lipinski definition) is 10. The Kier molecular flexibility index (Phi) is 22.5. The van der Waals surface area contributed by atoms with Gasteiger partial charge in [0.05, 0.1) is 12.8 Å². The fourth-order valence-corrected chi connectivity index (χ4v) is 4.98. The van der Waals surface area contributed by atoms with E-state index >= 15 is 0 Å². The van der Waals surface area contributed by atoms with Crippen LogP contribution in [0.4, 0.5) is 0 Å². The third-order valence-electron chi connectivity index (χ3n) is 7.97. The van der Waals surface area contributed by atoms with Gasteiger partial charge in [-0.25, -0.2) is 9.59 Å². The summed E-state index contributed by atoms with van der Waals surface area (Å²) in [5.41, 5.74) is -1.59. The number of benzene rings is 2. The number of aliphatic carboxylic acids is 1. The lowest BCUT2D eigenvalue weighted by Crippen LogP contribution is -2.49. The molecule has 0 unspecified atom stereocenters. The van der Waals surface area contributed by atoms with Gasteiger partial charge in [0.25, 0.3) is 5.91 Å². The van der Waals surface area contributed by atoms with Crippen LogP contribution in [0.3, 0.4) is 0 Å². The number of amides is 1. The van der Waals surface area contributed by atoms with Crippen LogP contribution in [0, 0.1) is 5.41 Å². The van der Waals surface area contributed by atoms with Crippen molar-refractivity contribution in [3.05, 3.63) is 133 Å². The van der Waals surface area contributed by atoms with Crippen molar-refractivity contribution < 1.29 is 52.8 Å². The quantitative estimate of drug-likeness (QED) is 0.0560. The van der Waals surface area contributed by atoms with Crippen molar-refractivity contribution in [1.29, 1.82) is 0 Å². The van der Waals surface area contributed by atoms with Gasteiger partial charge in [0.1, 0.15) is 29.2 Å². The number of hydrogen-bond donors (Lipinski definition) is 2. The third kappa shape index (κ3) is 19.5. The lowest BCUT2D eigenvalue weighted by Gasteiger charge is -2.32. The fourth-order valence-electron chi connectivity index (χ4n) is 4.98. The molecule has 0 heterocycles. The van der Waals surface area contributed by atoms with E-state index in [9.17, 15) is 28.8 Å². The minimum absolute atomic E-state index is 0.0324. The maximum Gasteiger partial charge on any atom is 0.347 e. The van der Waals surface area contributed by atoms with Gasteiger partial charge in [-0.05, 0) is 62.8 Å². The molecule has 310 valence electrons. The first-order valence-corrected chi connectivity index (χ1v) is 19.2. The Hall–Kier alpha value is -6.30. The smallest absolute Gasteiger partial charge is 0.347 e. The van der Waals surface area contributed by atoms with Gasteiger partial charge in [-0.1, -0.05) is 118 Å². The SMILES string of the molecule is CC/C=C\C/C=C\C/C=C\C/C=C\C/C=C\C/C=C\CC(=O)OCC(C)(C)[C@@H](OC(=O)c1ccccc1OC(=O)c1ccccc1OC(C)=O)C(=O)NCCC(=O)O. The normalized spacial score (nSPS) is 12.5. The highest BCUT2D eigenvalue weighted by Gasteiger charge is 2.40. The average molecular weight is 798 g/mol. The van der Waals surface area contributed by atoms with Crippen LogP contribution in [0.1, 0.15) is 99.8 Å². The van der Waals surface area contributed by atoms with Crippen LogP contribution in [0.25, 0.3) is 0 Å². The summed E-state index contributed by atoms with van der Waals surface area (Å²) >= 11 is 0. The van der Waals surface area contributed by atoms with Crippen LogP contribution in [-0.2, 0) is 28.7 Å². The first-order valence-electron chi connectivity index (χ1n) is 19.2. The molecule has 12 nitrogen and oxygen atoms in total. The largest absolute Gasteiger partial charge is 0.481 e. The summed E-state index contributed by atoms with van der Waals surface area (Å²) < 4.78 is 21.7. The molecule has 58 heavy (non-hydrogen) atoms. The van der Waals surface area contributed by atoms with Crippen LogP contribution in [0.2, 0.25) is 0 Å². The number of ether oxygens (including phenoxy) is 4. The van der Waals surface area contributed by atoms with Crippen molar-refractivity contribution in [3.63, 3.8) is 0 Å². The Morgan fingerprint density at radius 2 is 1.14 bits per heavy atom. The fraction of sp³-hybridized carbons (Fsp3) is 0.348. The van der Waals surface area contributed by atoms with E-state index in [-0.39, 0.29) is 48.6 Å². The van der Waals surface area contributed by atoms with E-state index in [1.54, 1.807) is 26.0 Å². The Balaban J connectivity index is 1.97. The highest BCUT2D eigenvalue weighted by molar-refractivity contribution is 5.99. The number of carboxylic acid groups (broad SMARTS) is 1. The van der Waals surface area contributed by atoms with Crippen LogP contribution < -0.4 is 14.8 Å². The van der Waals surface area contributed by atoms with Crippen molar-refractivity contribution in [2.45, 2.75) is 85.2 Å². The number of carbonyl (C=O) groups is 6. The lowest BCUT2D eigenvalue weighted by molar-refractivity contribution is -0.153. The number of nitrogens with one attached hydrogen (secondary N) is 1. The van der Waals surface area contributed by atoms with Gasteiger partial charge in [0.15, 0.2) is 6.10 Å². The first kappa shape index (κ1) is 47.9. The molecule has 2 rings (SSSR count). The summed E-state index contributed by atoms with van der Waals surface area (Å²) in [6.07, 6.45) is 27.9. The molecule has 0 saturated heterocycles. The Labute approximate surface area is 341 Å². The topological polar surface area (TPSA) is 172 Å². The molecular formula is C46H55NO11. The number of carbonyl (C=O) groups excluding carboxylic acids is 5. The predicted octanol–water partition coefficient (Wildman–Crippen LogP) is 8.60. The number of rotatable bonds is 25. The molecule has 1 atom stereocenters. The second kappa shape index (κ2) is 27.3. The zero-order valence-electron chi connectivity index (χ0n) is 33.7. The molecule has 2 N–H and O–H groups in total. The molecule has 0 bridgehead atoms. The zero-order valence-corrected chi connectivity index (χ0v) is 33.7. The molecule has 0 aliphatic carbocycles. The van der Waals surface area contributed by atoms with Crippen molar-refractivity contribution in [3.8, 4) is 11.5 Å². The number of para-hydroxylation sites is 2. The van der Waals surface area contributed by atoms with Gasteiger partial charge >= 0.3 is 29.8 Å². The Morgan fingerprint density at radius 1 is 0.672 bits per heavy atom. The summed E-state index contributed by atoms with van der Waals surface area (Å²) in [6, 6.07) is 11.5. The van der Waals surface area contributed by atoms with Gasteiger partial charge in [-0.15, -0.1) is 0 Å². The third-order valence-corrected chi connectivity index (χ3v) is 7.97. The van der Waals surface area contributed by atoms with E-state index in [2.05, 4.69) is 60.8 Å². The Morgan fingerprint density at radius 3 is 1.64 bits per heavy atom. The van der Waals surface area contributed by atoms with E-state index < -0.39 is 47.3 Å². The molecule has 0 fully saturated rings. The summed E-state index contributed by atoms with van der Waals surface area (Å²) in [6.45, 7) is 5.81. The molecule has 2 aromatic carbocycles. The monoisotopic (exact) mass is 797 g/mol. The van der Waals surface area contributed by atoms with Gasteiger partial charge in [-0.2, -0.15) is 0 Å². The van der Waals surface area contributed by atoms with E-state index in [0.29, 0.717) is 6.42 Å². The molecule has 0 saturated carbocycles. The van der Waals surface area contributed by atoms with Crippen molar-refractivity contribution >= 4 is 35.8 Å². The number of allylic oxidation sites excluding steroid dienone is 11. The molecule has 0 spiro atoms. The highest BCUT2D eigenvalue weighted by Crippen LogP contribution is 2.29. The standard InChI is InChI=1S/C46H55NO11/c1-5-6-7-8-9-10-11-12-13-14-15-16-17-18-19-20-21-22-31-41(51)55-34-46(3,4)42(43(52)47-33-32-40(49)50)58-45(54)37-28-24-26-30-39(37)57-44(53)36-27-23-25-29-38(36)56-35(2)48/h6-7,9-10,12-13,15-16,18-19,21-30,42H,5,8,11,14,17,20,31-34H2,1-4H3,(H,47,52)(H,49,50)/b7-6-,10-9-,13-12-,16-15-,19-18-,22-21-/t42-/m0/s1. The van der Waals surface area contributed by atoms with Crippen molar-refractivity contribution in [1.82, 2.24) is 5.32 Å². The minimum atomic E-state index is -1.57. The van der Waals surface area contributed by atoms with Gasteiger partial charge in [0.2, 0.25) is 0 Å². The molecule has 1 amide bonds. The first-order chi connectivity index (χ1) is 27.9. The molecule has 12 heteroatoms. The Bertz CT molecular complexity index is 1850. The number of esters is 4. The summed E-state index contributed by atoms with van der Waals surface area (Å²) in [4.78, 5) is 75.3. The van der Waals surface area contributed by atoms with Gasteiger partial charge in [0, 0.05) is 18.9 Å². The molecule has 0 aliphatic rings. The van der Waals surface area contributed by atoms with E-state index in [1.807, 2.05) is 18.2 Å². The summed E-state index contributed by atoms with van der Waals surface area (Å²) in [5.74, 6) is -5.43. The molecule has 0 radical (unpaired) electrons.